The van der Waals surface area contributed by atoms with Gasteiger partial charge < -0.3 is 5.73 Å². The monoisotopic (exact) mass is 232 g/mol. The van der Waals surface area contributed by atoms with Crippen molar-refractivity contribution in [1.29, 1.82) is 0 Å². The summed E-state index contributed by atoms with van der Waals surface area (Å²) in [5.41, 5.74) is 8.86. The molecule has 0 aromatic heterocycles. The topological polar surface area (TPSA) is 29.3 Å². The van der Waals surface area contributed by atoms with Crippen LogP contribution in [0.15, 0.2) is 24.3 Å². The highest BCUT2D eigenvalue weighted by molar-refractivity contribution is 5.21. The zero-order valence-electron chi connectivity index (χ0n) is 11.0. The van der Waals surface area contributed by atoms with Crippen molar-refractivity contribution >= 4 is 0 Å². The smallest absolute Gasteiger partial charge is 0.0234 e. The molecule has 2 rings (SSSR count). The maximum Gasteiger partial charge on any atom is 0.0234 e. The minimum absolute atomic E-state index is 0.360. The van der Waals surface area contributed by atoms with Crippen LogP contribution in [0.3, 0.4) is 0 Å². The van der Waals surface area contributed by atoms with E-state index in [1.54, 1.807) is 0 Å². The Labute approximate surface area is 105 Å². The molecule has 94 valence electrons. The molecular formula is C15H24N2. The summed E-state index contributed by atoms with van der Waals surface area (Å²) in [6.07, 6.45) is 2.44. The zero-order chi connectivity index (χ0) is 12.3. The van der Waals surface area contributed by atoms with Crippen LogP contribution in [0, 0.1) is 12.8 Å². The van der Waals surface area contributed by atoms with Gasteiger partial charge in [0.05, 0.1) is 0 Å². The number of likely N-dealkylation sites (tertiary alicyclic amines) is 1. The van der Waals surface area contributed by atoms with Crippen molar-refractivity contribution in [2.45, 2.75) is 39.3 Å². The fraction of sp³-hybridized carbons (Fsp3) is 0.600. The summed E-state index contributed by atoms with van der Waals surface area (Å²) in [4.78, 5) is 2.51. The molecule has 0 aliphatic carbocycles. The molecule has 0 bridgehead atoms. The Hall–Kier alpha value is -0.860. The molecule has 1 heterocycles. The first kappa shape index (κ1) is 12.6. The van der Waals surface area contributed by atoms with E-state index in [-0.39, 0.29) is 0 Å². The van der Waals surface area contributed by atoms with Crippen molar-refractivity contribution in [2.75, 3.05) is 13.1 Å². The maximum atomic E-state index is 6.13. The lowest BCUT2D eigenvalue weighted by molar-refractivity contribution is 0.147. The van der Waals surface area contributed by atoms with Crippen LogP contribution in [0.4, 0.5) is 0 Å². The highest BCUT2D eigenvalue weighted by Crippen LogP contribution is 2.20. The van der Waals surface area contributed by atoms with Crippen LogP contribution < -0.4 is 5.73 Å². The molecule has 2 heteroatoms. The van der Waals surface area contributed by atoms with E-state index < -0.39 is 0 Å². The molecule has 1 aromatic carbocycles. The van der Waals surface area contributed by atoms with Gasteiger partial charge in [0.1, 0.15) is 0 Å². The Morgan fingerprint density at radius 1 is 1.24 bits per heavy atom. The third-order valence-corrected chi connectivity index (χ3v) is 3.75. The summed E-state index contributed by atoms with van der Waals surface area (Å²) in [6, 6.07) is 9.21. The molecular weight excluding hydrogens is 208 g/mol. The quantitative estimate of drug-likeness (QED) is 0.868. The summed E-state index contributed by atoms with van der Waals surface area (Å²) in [5.74, 6) is 0.782. The molecule has 2 N–H and O–H groups in total. The van der Waals surface area contributed by atoms with Crippen LogP contribution in [0.2, 0.25) is 0 Å². The number of hydrogen-bond acceptors (Lipinski definition) is 2. The Morgan fingerprint density at radius 2 is 1.94 bits per heavy atom. The first-order valence-electron chi connectivity index (χ1n) is 6.71. The maximum absolute atomic E-state index is 6.13. The van der Waals surface area contributed by atoms with Gasteiger partial charge in [0.15, 0.2) is 0 Å². The fourth-order valence-corrected chi connectivity index (χ4v) is 2.73. The van der Waals surface area contributed by atoms with Gasteiger partial charge in [-0.2, -0.15) is 0 Å². The number of hydrogen-bond donors (Lipinski definition) is 1. The second-order valence-electron chi connectivity index (χ2n) is 5.45. The van der Waals surface area contributed by atoms with Crippen LogP contribution in [0.5, 0.6) is 0 Å². The number of piperidine rings is 1. The number of nitrogens with zero attached hydrogens (tertiary/aromatic N) is 1. The molecule has 1 saturated heterocycles. The van der Waals surface area contributed by atoms with Crippen molar-refractivity contribution in [2.24, 2.45) is 11.7 Å². The summed E-state index contributed by atoms with van der Waals surface area (Å²) in [7, 11) is 0. The van der Waals surface area contributed by atoms with E-state index >= 15 is 0 Å². The number of nitrogens with two attached hydrogens (primary N) is 1. The number of aryl methyl sites for hydroxylation is 1. The van der Waals surface area contributed by atoms with Gasteiger partial charge in [0.25, 0.3) is 0 Å². The number of benzene rings is 1. The largest absolute Gasteiger partial charge is 0.327 e. The highest BCUT2D eigenvalue weighted by Gasteiger charge is 2.23. The van der Waals surface area contributed by atoms with Gasteiger partial charge in [0.2, 0.25) is 0 Å². The van der Waals surface area contributed by atoms with E-state index in [4.69, 9.17) is 5.73 Å². The normalized spacial score (nSPS) is 26.1. The van der Waals surface area contributed by atoms with E-state index in [0.717, 1.165) is 19.0 Å². The average Bonchev–Trinajstić information content (AvgIpc) is 2.31. The van der Waals surface area contributed by atoms with Gasteiger partial charge in [-0.3, -0.25) is 4.90 Å². The van der Waals surface area contributed by atoms with E-state index in [1.807, 2.05) is 0 Å². The third-order valence-electron chi connectivity index (χ3n) is 3.75. The van der Waals surface area contributed by atoms with Crippen molar-refractivity contribution in [3.63, 3.8) is 0 Å². The lowest BCUT2D eigenvalue weighted by atomic mass is 9.92. The first-order chi connectivity index (χ1) is 8.17. The van der Waals surface area contributed by atoms with Gasteiger partial charge in [0, 0.05) is 25.7 Å². The van der Waals surface area contributed by atoms with Gasteiger partial charge in [-0.05, 0) is 24.8 Å². The van der Waals surface area contributed by atoms with Crippen molar-refractivity contribution in [1.82, 2.24) is 4.90 Å². The van der Waals surface area contributed by atoms with Crippen LogP contribution in [0.25, 0.3) is 0 Å². The Bertz CT molecular complexity index is 344. The van der Waals surface area contributed by atoms with Crippen LogP contribution in [-0.2, 0) is 6.54 Å². The minimum Gasteiger partial charge on any atom is -0.327 e. The van der Waals surface area contributed by atoms with E-state index in [0.29, 0.717) is 6.04 Å². The summed E-state index contributed by atoms with van der Waals surface area (Å²) in [6.45, 7) is 7.70. The van der Waals surface area contributed by atoms with E-state index in [1.165, 1.54) is 30.5 Å². The molecule has 0 spiro atoms. The Morgan fingerprint density at radius 3 is 2.59 bits per heavy atom. The molecule has 1 aromatic rings. The summed E-state index contributed by atoms with van der Waals surface area (Å²) < 4.78 is 0. The molecule has 0 amide bonds. The Balaban J connectivity index is 1.95. The molecule has 2 atom stereocenters. The standard InChI is InChI=1S/C15H24N2/c1-3-13-8-15(16)11-17(9-13)10-14-6-4-12(2)5-7-14/h4-7,13,15H,3,8-11,16H2,1-2H3. The zero-order valence-corrected chi connectivity index (χ0v) is 11.0. The SMILES string of the molecule is CCC1CC(N)CN(Cc2ccc(C)cc2)C1. The van der Waals surface area contributed by atoms with Crippen molar-refractivity contribution in [3.8, 4) is 0 Å². The minimum atomic E-state index is 0.360. The predicted octanol–water partition coefficient (Wildman–Crippen LogP) is 2.55. The number of rotatable bonds is 3. The van der Waals surface area contributed by atoms with Gasteiger partial charge in [-0.25, -0.2) is 0 Å². The average molecular weight is 232 g/mol. The second kappa shape index (κ2) is 5.65. The second-order valence-corrected chi connectivity index (χ2v) is 5.45. The Kier molecular flexibility index (Phi) is 4.19. The molecule has 0 saturated carbocycles. The van der Waals surface area contributed by atoms with Crippen molar-refractivity contribution < 1.29 is 0 Å². The summed E-state index contributed by atoms with van der Waals surface area (Å²) >= 11 is 0. The van der Waals surface area contributed by atoms with Crippen LogP contribution in [-0.4, -0.2) is 24.0 Å². The van der Waals surface area contributed by atoms with Crippen LogP contribution in [0.1, 0.15) is 30.9 Å². The molecule has 1 aliphatic rings. The van der Waals surface area contributed by atoms with E-state index in [2.05, 4.69) is 43.0 Å². The molecule has 2 unspecified atom stereocenters. The summed E-state index contributed by atoms with van der Waals surface area (Å²) in [5, 5.41) is 0. The molecule has 2 nitrogen and oxygen atoms in total. The lowest BCUT2D eigenvalue weighted by Gasteiger charge is -2.36. The van der Waals surface area contributed by atoms with Gasteiger partial charge in [-0.15, -0.1) is 0 Å². The molecule has 1 fully saturated rings. The van der Waals surface area contributed by atoms with Crippen LogP contribution >= 0.6 is 0 Å². The van der Waals surface area contributed by atoms with Gasteiger partial charge in [-0.1, -0.05) is 43.2 Å². The third kappa shape index (κ3) is 3.55. The van der Waals surface area contributed by atoms with Gasteiger partial charge >= 0.3 is 0 Å². The fourth-order valence-electron chi connectivity index (χ4n) is 2.73. The highest BCUT2D eigenvalue weighted by atomic mass is 15.1. The lowest BCUT2D eigenvalue weighted by Crippen LogP contribution is -2.46. The molecule has 1 aliphatic heterocycles. The molecule has 17 heavy (non-hydrogen) atoms. The molecule has 0 radical (unpaired) electrons. The first-order valence-corrected chi connectivity index (χ1v) is 6.71. The predicted molar refractivity (Wildman–Crippen MR) is 72.8 cm³/mol. The van der Waals surface area contributed by atoms with Crippen molar-refractivity contribution in [3.05, 3.63) is 35.4 Å². The van der Waals surface area contributed by atoms with E-state index in [9.17, 15) is 0 Å².